The molecule has 0 amide bonds. The Labute approximate surface area is 103 Å². The van der Waals surface area contributed by atoms with Crippen LogP contribution in [0.25, 0.3) is 0 Å². The van der Waals surface area contributed by atoms with Crippen LogP contribution >= 0.6 is 15.9 Å². The van der Waals surface area contributed by atoms with Crippen LogP contribution in [0.1, 0.15) is 31.2 Å². The van der Waals surface area contributed by atoms with Gasteiger partial charge in [0.1, 0.15) is 11.6 Å². The van der Waals surface area contributed by atoms with Crippen LogP contribution in [0, 0.1) is 17.0 Å². The summed E-state index contributed by atoms with van der Waals surface area (Å²) in [6, 6.07) is 3.90. The Hall–Kier alpha value is -0.440. The van der Waals surface area contributed by atoms with Gasteiger partial charge in [-0.2, -0.15) is 0 Å². The fraction of sp³-hybridized carbons (Fsp3) is 0.538. The van der Waals surface area contributed by atoms with E-state index in [9.17, 15) is 8.78 Å². The molecule has 16 heavy (non-hydrogen) atoms. The highest BCUT2D eigenvalue weighted by molar-refractivity contribution is 9.09. The second kappa shape index (κ2) is 4.82. The van der Waals surface area contributed by atoms with E-state index in [2.05, 4.69) is 15.9 Å². The second-order valence-corrected chi connectivity index (χ2v) is 5.31. The minimum Gasteiger partial charge on any atom is -0.207 e. The first-order valence-electron chi connectivity index (χ1n) is 5.65. The van der Waals surface area contributed by atoms with Gasteiger partial charge in [0.25, 0.3) is 0 Å². The molecule has 0 aromatic heterocycles. The Morgan fingerprint density at radius 1 is 1.19 bits per heavy atom. The maximum absolute atomic E-state index is 13.6. The fourth-order valence-electron chi connectivity index (χ4n) is 2.55. The molecule has 1 aliphatic rings. The number of hydrogen-bond donors (Lipinski definition) is 0. The van der Waals surface area contributed by atoms with Crippen molar-refractivity contribution < 1.29 is 8.78 Å². The van der Waals surface area contributed by atoms with Crippen LogP contribution < -0.4 is 0 Å². The largest absolute Gasteiger partial charge is 0.207 e. The Bertz CT molecular complexity index is 370. The molecule has 0 nitrogen and oxygen atoms in total. The zero-order valence-electron chi connectivity index (χ0n) is 9.11. The van der Waals surface area contributed by atoms with Crippen molar-refractivity contribution in [3.63, 3.8) is 0 Å². The van der Waals surface area contributed by atoms with Crippen LogP contribution in [-0.4, -0.2) is 5.33 Å². The predicted molar refractivity (Wildman–Crippen MR) is 64.8 cm³/mol. The summed E-state index contributed by atoms with van der Waals surface area (Å²) in [5.41, 5.74) is 0.821. The average molecular weight is 289 g/mol. The quantitative estimate of drug-likeness (QED) is 0.720. The number of benzene rings is 1. The molecule has 0 unspecified atom stereocenters. The minimum absolute atomic E-state index is 0.179. The lowest BCUT2D eigenvalue weighted by atomic mass is 9.82. The van der Waals surface area contributed by atoms with Crippen molar-refractivity contribution in [1.29, 1.82) is 0 Å². The van der Waals surface area contributed by atoms with Crippen molar-refractivity contribution >= 4 is 15.9 Å². The molecule has 1 aromatic rings. The number of halogens is 3. The Balaban J connectivity index is 2.19. The Morgan fingerprint density at radius 2 is 1.88 bits per heavy atom. The van der Waals surface area contributed by atoms with Gasteiger partial charge in [-0.05, 0) is 36.3 Å². The monoisotopic (exact) mass is 288 g/mol. The summed E-state index contributed by atoms with van der Waals surface area (Å²) in [7, 11) is 0. The van der Waals surface area contributed by atoms with Gasteiger partial charge in [0.05, 0.1) is 0 Å². The van der Waals surface area contributed by atoms with E-state index < -0.39 is 11.6 Å². The van der Waals surface area contributed by atoms with E-state index in [1.807, 2.05) is 0 Å². The van der Waals surface area contributed by atoms with Crippen molar-refractivity contribution in [1.82, 2.24) is 0 Å². The maximum atomic E-state index is 13.6. The van der Waals surface area contributed by atoms with Gasteiger partial charge in [0.2, 0.25) is 0 Å². The highest BCUT2D eigenvalue weighted by Crippen LogP contribution is 2.42. The van der Waals surface area contributed by atoms with Crippen molar-refractivity contribution in [2.45, 2.75) is 32.1 Å². The topological polar surface area (TPSA) is 0 Å². The Kier molecular flexibility index (Phi) is 3.63. The highest BCUT2D eigenvalue weighted by atomic mass is 79.9. The van der Waals surface area contributed by atoms with Crippen LogP contribution in [0.2, 0.25) is 0 Å². The average Bonchev–Trinajstić information content (AvgIpc) is 2.72. The molecule has 0 saturated heterocycles. The molecule has 0 atom stereocenters. The van der Waals surface area contributed by atoms with Gasteiger partial charge < -0.3 is 0 Å². The normalized spacial score (nSPS) is 18.9. The van der Waals surface area contributed by atoms with Crippen molar-refractivity contribution in [2.75, 3.05) is 5.33 Å². The minimum atomic E-state index is -0.499. The fourth-order valence-corrected chi connectivity index (χ4v) is 3.31. The predicted octanol–water partition coefficient (Wildman–Crippen LogP) is 4.46. The summed E-state index contributed by atoms with van der Waals surface area (Å²) in [6.07, 6.45) is 5.41. The van der Waals surface area contributed by atoms with Gasteiger partial charge in [0.15, 0.2) is 0 Å². The first-order valence-corrected chi connectivity index (χ1v) is 6.77. The lowest BCUT2D eigenvalue weighted by Crippen LogP contribution is -2.22. The van der Waals surface area contributed by atoms with E-state index in [0.717, 1.165) is 24.2 Å². The summed E-state index contributed by atoms with van der Waals surface area (Å²) in [6.45, 7) is 0. The number of alkyl halides is 1. The molecule has 0 heterocycles. The number of rotatable bonds is 3. The van der Waals surface area contributed by atoms with Gasteiger partial charge in [-0.15, -0.1) is 0 Å². The third-order valence-electron chi connectivity index (χ3n) is 3.53. The van der Waals surface area contributed by atoms with Gasteiger partial charge in [-0.1, -0.05) is 34.8 Å². The van der Waals surface area contributed by atoms with Crippen LogP contribution in [0.15, 0.2) is 18.2 Å². The van der Waals surface area contributed by atoms with Crippen molar-refractivity contribution in [3.05, 3.63) is 35.4 Å². The zero-order valence-corrected chi connectivity index (χ0v) is 10.7. The van der Waals surface area contributed by atoms with Gasteiger partial charge in [-0.3, -0.25) is 0 Å². The van der Waals surface area contributed by atoms with E-state index in [4.69, 9.17) is 0 Å². The van der Waals surface area contributed by atoms with E-state index in [1.54, 1.807) is 6.07 Å². The van der Waals surface area contributed by atoms with Gasteiger partial charge in [0, 0.05) is 11.4 Å². The maximum Gasteiger partial charge on any atom is 0.129 e. The summed E-state index contributed by atoms with van der Waals surface area (Å²) in [4.78, 5) is 0. The van der Waals surface area contributed by atoms with E-state index in [-0.39, 0.29) is 5.41 Å². The molecular weight excluding hydrogens is 274 g/mol. The van der Waals surface area contributed by atoms with Crippen LogP contribution in [-0.2, 0) is 6.42 Å². The van der Waals surface area contributed by atoms with Crippen LogP contribution in [0.4, 0.5) is 8.78 Å². The molecule has 0 radical (unpaired) electrons. The molecule has 1 fully saturated rings. The molecule has 2 rings (SSSR count). The molecule has 1 aromatic carbocycles. The zero-order chi connectivity index (χ0) is 11.6. The number of hydrogen-bond acceptors (Lipinski definition) is 0. The Morgan fingerprint density at radius 3 is 2.44 bits per heavy atom. The summed E-state index contributed by atoms with van der Waals surface area (Å²) in [5, 5.41) is 0.900. The molecular formula is C13H15BrF2. The summed E-state index contributed by atoms with van der Waals surface area (Å²) >= 11 is 3.53. The first kappa shape index (κ1) is 12.0. The lowest BCUT2D eigenvalue weighted by molar-refractivity contribution is 0.340. The van der Waals surface area contributed by atoms with Gasteiger partial charge >= 0.3 is 0 Å². The third kappa shape index (κ3) is 2.45. The van der Waals surface area contributed by atoms with E-state index >= 15 is 0 Å². The third-order valence-corrected chi connectivity index (χ3v) is 4.72. The molecule has 0 aliphatic heterocycles. The van der Waals surface area contributed by atoms with E-state index in [1.165, 1.54) is 18.9 Å². The SMILES string of the molecule is Fc1ccc(CC2(CBr)CCCC2)c(F)c1. The lowest BCUT2D eigenvalue weighted by Gasteiger charge is -2.26. The van der Waals surface area contributed by atoms with Crippen LogP contribution in [0.5, 0.6) is 0 Å². The van der Waals surface area contributed by atoms with Crippen molar-refractivity contribution in [2.24, 2.45) is 5.41 Å². The molecule has 1 saturated carbocycles. The first-order chi connectivity index (χ1) is 7.65. The molecule has 1 aliphatic carbocycles. The molecule has 0 bridgehead atoms. The molecule has 3 heteroatoms. The molecule has 88 valence electrons. The van der Waals surface area contributed by atoms with E-state index in [0.29, 0.717) is 12.0 Å². The second-order valence-electron chi connectivity index (χ2n) is 4.75. The summed E-state index contributed by atoms with van der Waals surface area (Å²) < 4.78 is 26.3. The standard InChI is InChI=1S/C13H15BrF2/c14-9-13(5-1-2-6-13)8-10-3-4-11(15)7-12(10)16/h3-4,7H,1-2,5-6,8-9H2. The van der Waals surface area contributed by atoms with Crippen LogP contribution in [0.3, 0.4) is 0 Å². The molecule has 0 spiro atoms. The highest BCUT2D eigenvalue weighted by Gasteiger charge is 2.33. The smallest absolute Gasteiger partial charge is 0.129 e. The molecule has 0 N–H and O–H groups in total. The van der Waals surface area contributed by atoms with Gasteiger partial charge in [-0.25, -0.2) is 8.78 Å². The summed E-state index contributed by atoms with van der Waals surface area (Å²) in [5.74, 6) is -0.909. The van der Waals surface area contributed by atoms with Crippen molar-refractivity contribution in [3.8, 4) is 0 Å².